The summed E-state index contributed by atoms with van der Waals surface area (Å²) in [6.45, 7) is 4.04. The highest BCUT2D eigenvalue weighted by Crippen LogP contribution is 2.14. The van der Waals surface area contributed by atoms with Gasteiger partial charge in [-0.1, -0.05) is 6.07 Å². The fourth-order valence-electron chi connectivity index (χ4n) is 2.90. The molecule has 24 heavy (non-hydrogen) atoms. The number of hydrogen-bond acceptors (Lipinski definition) is 4. The molecule has 0 saturated carbocycles. The molecule has 0 aromatic carbocycles. The molecule has 0 fully saturated rings. The van der Waals surface area contributed by atoms with Gasteiger partial charge in [0.25, 0.3) is 5.56 Å². The SMILES string of the molecule is CC(=O)NCC(=O)N1CCc2ccc(=O)n(CCN(C)C)c2CC1. The smallest absolute Gasteiger partial charge is 0.250 e. The normalized spacial score (nSPS) is 14.2. The van der Waals surface area contributed by atoms with Crippen LogP contribution in [0.4, 0.5) is 0 Å². The Morgan fingerprint density at radius 3 is 2.58 bits per heavy atom. The van der Waals surface area contributed by atoms with Crippen molar-refractivity contribution in [3.63, 3.8) is 0 Å². The molecule has 0 radical (unpaired) electrons. The van der Waals surface area contributed by atoms with Crippen molar-refractivity contribution in [1.29, 1.82) is 0 Å². The molecule has 1 aliphatic rings. The average molecular weight is 334 g/mol. The van der Waals surface area contributed by atoms with E-state index in [1.165, 1.54) is 6.92 Å². The Bertz CT molecular complexity index is 666. The summed E-state index contributed by atoms with van der Waals surface area (Å²) in [6, 6.07) is 3.49. The number of carbonyl (C=O) groups is 2. The molecule has 0 bridgehead atoms. The third kappa shape index (κ3) is 4.67. The van der Waals surface area contributed by atoms with E-state index in [1.807, 2.05) is 29.6 Å². The van der Waals surface area contributed by atoms with Crippen molar-refractivity contribution >= 4 is 11.8 Å². The Kier molecular flexibility index (Phi) is 6.14. The van der Waals surface area contributed by atoms with Crippen molar-refractivity contribution in [3.05, 3.63) is 33.7 Å². The van der Waals surface area contributed by atoms with E-state index in [2.05, 4.69) is 5.32 Å². The van der Waals surface area contributed by atoms with Gasteiger partial charge in [-0.2, -0.15) is 0 Å². The van der Waals surface area contributed by atoms with Gasteiger partial charge in [-0.15, -0.1) is 0 Å². The molecule has 0 saturated heterocycles. The van der Waals surface area contributed by atoms with Crippen LogP contribution in [0.2, 0.25) is 0 Å². The molecule has 1 aromatic rings. The third-order valence-corrected chi connectivity index (χ3v) is 4.27. The summed E-state index contributed by atoms with van der Waals surface area (Å²) in [6.07, 6.45) is 1.38. The Morgan fingerprint density at radius 1 is 1.21 bits per heavy atom. The van der Waals surface area contributed by atoms with Gasteiger partial charge in [0.05, 0.1) is 6.54 Å². The summed E-state index contributed by atoms with van der Waals surface area (Å²) in [5.74, 6) is -0.292. The molecule has 132 valence electrons. The minimum atomic E-state index is -0.209. The van der Waals surface area contributed by atoms with Crippen molar-refractivity contribution in [1.82, 2.24) is 19.7 Å². The van der Waals surface area contributed by atoms with Gasteiger partial charge < -0.3 is 19.7 Å². The van der Waals surface area contributed by atoms with Crippen LogP contribution in [0.15, 0.2) is 16.9 Å². The zero-order valence-corrected chi connectivity index (χ0v) is 14.7. The van der Waals surface area contributed by atoms with Crippen molar-refractivity contribution in [2.24, 2.45) is 0 Å². The first-order valence-corrected chi connectivity index (χ1v) is 8.27. The first-order chi connectivity index (χ1) is 11.4. The highest BCUT2D eigenvalue weighted by atomic mass is 16.2. The van der Waals surface area contributed by atoms with Crippen molar-refractivity contribution in [2.75, 3.05) is 40.3 Å². The van der Waals surface area contributed by atoms with Gasteiger partial charge in [-0.25, -0.2) is 0 Å². The van der Waals surface area contributed by atoms with E-state index in [-0.39, 0.29) is 23.9 Å². The monoisotopic (exact) mass is 334 g/mol. The maximum absolute atomic E-state index is 12.2. The number of carbonyl (C=O) groups excluding carboxylic acids is 2. The van der Waals surface area contributed by atoms with Gasteiger partial charge in [-0.05, 0) is 26.1 Å². The second-order valence-electron chi connectivity index (χ2n) is 6.39. The van der Waals surface area contributed by atoms with Gasteiger partial charge in [0.1, 0.15) is 0 Å². The summed E-state index contributed by atoms with van der Waals surface area (Å²) in [5, 5.41) is 2.55. The van der Waals surface area contributed by atoms with E-state index < -0.39 is 0 Å². The van der Waals surface area contributed by atoms with Crippen molar-refractivity contribution in [3.8, 4) is 0 Å². The number of pyridine rings is 1. The van der Waals surface area contributed by atoms with E-state index in [9.17, 15) is 14.4 Å². The van der Waals surface area contributed by atoms with Crippen molar-refractivity contribution in [2.45, 2.75) is 26.3 Å². The van der Waals surface area contributed by atoms with Crippen LogP contribution in [0.25, 0.3) is 0 Å². The molecule has 7 heteroatoms. The lowest BCUT2D eigenvalue weighted by molar-refractivity contribution is -0.132. The van der Waals surface area contributed by atoms with E-state index >= 15 is 0 Å². The topological polar surface area (TPSA) is 74.6 Å². The summed E-state index contributed by atoms with van der Waals surface area (Å²) >= 11 is 0. The number of nitrogens with one attached hydrogen (secondary N) is 1. The summed E-state index contributed by atoms with van der Waals surface area (Å²) in [4.78, 5) is 39.2. The average Bonchev–Trinajstić information content (AvgIpc) is 2.74. The van der Waals surface area contributed by atoms with Crippen LogP contribution in [-0.2, 0) is 29.0 Å². The van der Waals surface area contributed by atoms with Gasteiger partial charge in [-0.3, -0.25) is 14.4 Å². The number of hydrogen-bond donors (Lipinski definition) is 1. The standard InChI is InChI=1S/C17H26N4O3/c1-13(22)18-12-17(24)20-8-6-14-4-5-16(23)21(11-10-19(2)3)15(14)7-9-20/h4-5H,6-12H2,1-3H3,(H,18,22). The van der Waals surface area contributed by atoms with Crippen LogP contribution in [0.5, 0.6) is 0 Å². The molecular formula is C17H26N4O3. The Hall–Kier alpha value is -2.15. The molecule has 1 aliphatic heterocycles. The molecule has 0 atom stereocenters. The minimum absolute atomic E-state index is 0.00798. The predicted octanol–water partition coefficient (Wildman–Crippen LogP) is -0.527. The summed E-state index contributed by atoms with van der Waals surface area (Å²) < 4.78 is 1.83. The molecule has 2 rings (SSSR count). The lowest BCUT2D eigenvalue weighted by atomic mass is 10.1. The number of amides is 2. The number of likely N-dealkylation sites (N-methyl/N-ethyl adjacent to an activating group) is 1. The fraction of sp³-hybridized carbons (Fsp3) is 0.588. The number of aromatic nitrogens is 1. The minimum Gasteiger partial charge on any atom is -0.347 e. The molecule has 7 nitrogen and oxygen atoms in total. The maximum Gasteiger partial charge on any atom is 0.250 e. The van der Waals surface area contributed by atoms with Crippen LogP contribution in [0.3, 0.4) is 0 Å². The van der Waals surface area contributed by atoms with Gasteiger partial charge in [0.15, 0.2) is 0 Å². The van der Waals surface area contributed by atoms with Crippen LogP contribution >= 0.6 is 0 Å². The zero-order valence-electron chi connectivity index (χ0n) is 14.7. The summed E-state index contributed by atoms with van der Waals surface area (Å²) in [7, 11) is 3.96. The summed E-state index contributed by atoms with van der Waals surface area (Å²) in [5.41, 5.74) is 2.16. The number of fused-ring (bicyclic) bond motifs is 1. The molecule has 1 aromatic heterocycles. The fourth-order valence-corrected chi connectivity index (χ4v) is 2.90. The molecule has 0 aliphatic carbocycles. The highest BCUT2D eigenvalue weighted by Gasteiger charge is 2.20. The van der Waals surface area contributed by atoms with E-state index in [4.69, 9.17) is 0 Å². The zero-order chi connectivity index (χ0) is 17.7. The Balaban J connectivity index is 2.12. The van der Waals surface area contributed by atoms with Crippen LogP contribution < -0.4 is 10.9 Å². The van der Waals surface area contributed by atoms with E-state index in [0.29, 0.717) is 26.1 Å². The van der Waals surface area contributed by atoms with Gasteiger partial charge >= 0.3 is 0 Å². The first kappa shape index (κ1) is 18.2. The first-order valence-electron chi connectivity index (χ1n) is 8.27. The number of nitrogens with zero attached hydrogens (tertiary/aromatic N) is 3. The molecule has 2 amide bonds. The van der Waals surface area contributed by atoms with Crippen LogP contribution in [0.1, 0.15) is 18.2 Å². The Morgan fingerprint density at radius 2 is 1.92 bits per heavy atom. The lowest BCUT2D eigenvalue weighted by Crippen LogP contribution is -2.40. The molecule has 0 unspecified atom stereocenters. The molecule has 1 N–H and O–H groups in total. The third-order valence-electron chi connectivity index (χ3n) is 4.27. The van der Waals surface area contributed by atoms with Crippen LogP contribution in [-0.4, -0.2) is 66.5 Å². The van der Waals surface area contributed by atoms with Crippen molar-refractivity contribution < 1.29 is 9.59 Å². The van der Waals surface area contributed by atoms with Gasteiger partial charge in [0, 0.05) is 51.3 Å². The Labute approximate surface area is 142 Å². The highest BCUT2D eigenvalue weighted by molar-refractivity contribution is 5.83. The second-order valence-corrected chi connectivity index (χ2v) is 6.39. The van der Waals surface area contributed by atoms with E-state index in [1.54, 1.807) is 11.0 Å². The van der Waals surface area contributed by atoms with Gasteiger partial charge in [0.2, 0.25) is 11.8 Å². The molecular weight excluding hydrogens is 308 g/mol. The quantitative estimate of drug-likeness (QED) is 0.786. The molecule has 2 heterocycles. The predicted molar refractivity (Wildman–Crippen MR) is 91.9 cm³/mol. The van der Waals surface area contributed by atoms with Crippen LogP contribution in [0, 0.1) is 0 Å². The second kappa shape index (κ2) is 8.10. The maximum atomic E-state index is 12.2. The number of rotatable bonds is 5. The molecule has 0 spiro atoms. The largest absolute Gasteiger partial charge is 0.347 e. The van der Waals surface area contributed by atoms with E-state index in [0.717, 1.165) is 24.2 Å². The lowest BCUT2D eigenvalue weighted by Gasteiger charge is -2.20.